The molecule has 0 saturated carbocycles. The first-order chi connectivity index (χ1) is 6.34. The van der Waals surface area contributed by atoms with E-state index in [-0.39, 0.29) is 0 Å². The Labute approximate surface area is 78.9 Å². The number of nitrogens with one attached hydrogen (secondary N) is 1. The average molecular weight is 183 g/mol. The molecule has 1 unspecified atom stereocenters. The highest BCUT2D eigenvalue weighted by Gasteiger charge is 2.01. The quantitative estimate of drug-likeness (QED) is 0.659. The summed E-state index contributed by atoms with van der Waals surface area (Å²) in [5.41, 5.74) is 0. The average Bonchev–Trinajstić information content (AvgIpc) is 2.65. The van der Waals surface area contributed by atoms with E-state index >= 15 is 0 Å². The van der Waals surface area contributed by atoms with Crippen molar-refractivity contribution >= 4 is 0 Å². The maximum absolute atomic E-state index is 4.93. The van der Waals surface area contributed by atoms with Gasteiger partial charge in [0.05, 0.1) is 12.9 Å². The molecule has 0 aromatic carbocycles. The molecule has 1 N–H and O–H groups in total. The Kier molecular flexibility index (Phi) is 4.49. The van der Waals surface area contributed by atoms with Gasteiger partial charge in [-0.2, -0.15) is 0 Å². The second kappa shape index (κ2) is 5.72. The van der Waals surface area contributed by atoms with Gasteiger partial charge in [0.1, 0.15) is 0 Å². The number of aromatic nitrogens is 2. The van der Waals surface area contributed by atoms with Gasteiger partial charge in [-0.1, -0.05) is 0 Å². The molecule has 0 bridgehead atoms. The maximum Gasteiger partial charge on any atom is 0.0948 e. The van der Waals surface area contributed by atoms with E-state index in [9.17, 15) is 0 Å². The zero-order valence-electron chi connectivity index (χ0n) is 8.23. The van der Waals surface area contributed by atoms with Crippen LogP contribution in [0.3, 0.4) is 0 Å². The van der Waals surface area contributed by atoms with E-state index in [2.05, 4.69) is 21.8 Å². The number of imidazole rings is 1. The summed E-state index contributed by atoms with van der Waals surface area (Å²) in [7, 11) is 1.71. The van der Waals surface area contributed by atoms with Crippen LogP contribution in [-0.4, -0.2) is 36.4 Å². The summed E-state index contributed by atoms with van der Waals surface area (Å²) in [6, 6.07) is 0.444. The first-order valence-corrected chi connectivity index (χ1v) is 4.51. The lowest BCUT2D eigenvalue weighted by Crippen LogP contribution is -2.26. The highest BCUT2D eigenvalue weighted by molar-refractivity contribution is 4.79. The molecular formula is C9H17N3O. The number of methoxy groups -OCH3 is 1. The van der Waals surface area contributed by atoms with Crippen molar-refractivity contribution in [3.63, 3.8) is 0 Å². The minimum atomic E-state index is 0.444. The summed E-state index contributed by atoms with van der Waals surface area (Å²) < 4.78 is 7.02. The maximum atomic E-state index is 4.93. The van der Waals surface area contributed by atoms with Gasteiger partial charge < -0.3 is 14.6 Å². The molecule has 4 nitrogen and oxygen atoms in total. The van der Waals surface area contributed by atoms with Gasteiger partial charge >= 0.3 is 0 Å². The number of nitrogens with zero attached hydrogens (tertiary/aromatic N) is 2. The smallest absolute Gasteiger partial charge is 0.0948 e. The Bertz CT molecular complexity index is 211. The summed E-state index contributed by atoms with van der Waals surface area (Å²) in [5, 5.41) is 3.30. The molecule has 0 aliphatic heterocycles. The number of rotatable bonds is 6. The number of ether oxygens (including phenoxy) is 1. The number of hydrogen-bond acceptors (Lipinski definition) is 3. The standard InChI is InChI=1S/C9H17N3O/c1-9(7-10-4-6-13-2)12-5-3-11-8-12/h3,5,8-10H,4,6-7H2,1-2H3. The molecule has 0 spiro atoms. The molecule has 0 radical (unpaired) electrons. The normalized spacial score (nSPS) is 13.1. The van der Waals surface area contributed by atoms with Gasteiger partial charge in [-0.05, 0) is 6.92 Å². The summed E-state index contributed by atoms with van der Waals surface area (Å²) in [6.07, 6.45) is 5.61. The Hall–Kier alpha value is -0.870. The minimum Gasteiger partial charge on any atom is -0.383 e. The van der Waals surface area contributed by atoms with Crippen molar-refractivity contribution in [3.8, 4) is 0 Å². The second-order valence-corrected chi connectivity index (χ2v) is 3.06. The summed E-state index contributed by atoms with van der Waals surface area (Å²) >= 11 is 0. The monoisotopic (exact) mass is 183 g/mol. The van der Waals surface area contributed by atoms with Crippen LogP contribution in [0.25, 0.3) is 0 Å². The van der Waals surface area contributed by atoms with Crippen molar-refractivity contribution in [1.82, 2.24) is 14.9 Å². The molecule has 0 saturated heterocycles. The van der Waals surface area contributed by atoms with E-state index in [0.717, 1.165) is 19.7 Å². The van der Waals surface area contributed by atoms with Crippen LogP contribution in [0.5, 0.6) is 0 Å². The fourth-order valence-electron chi connectivity index (χ4n) is 1.12. The van der Waals surface area contributed by atoms with E-state index in [1.54, 1.807) is 13.3 Å². The zero-order valence-corrected chi connectivity index (χ0v) is 8.23. The van der Waals surface area contributed by atoms with E-state index in [4.69, 9.17) is 4.74 Å². The van der Waals surface area contributed by atoms with Crippen LogP contribution in [0.2, 0.25) is 0 Å². The third kappa shape index (κ3) is 3.57. The predicted molar refractivity (Wildman–Crippen MR) is 51.7 cm³/mol. The van der Waals surface area contributed by atoms with E-state index in [1.807, 2.05) is 12.5 Å². The van der Waals surface area contributed by atoms with Crippen LogP contribution in [0.15, 0.2) is 18.7 Å². The Morgan fingerprint density at radius 1 is 1.62 bits per heavy atom. The van der Waals surface area contributed by atoms with E-state index in [0.29, 0.717) is 6.04 Å². The Balaban J connectivity index is 2.15. The Morgan fingerprint density at radius 3 is 3.08 bits per heavy atom. The topological polar surface area (TPSA) is 39.1 Å². The van der Waals surface area contributed by atoms with Crippen LogP contribution in [-0.2, 0) is 4.74 Å². The summed E-state index contributed by atoms with van der Waals surface area (Å²) in [4.78, 5) is 4.00. The molecule has 74 valence electrons. The van der Waals surface area contributed by atoms with Gasteiger partial charge in [0.2, 0.25) is 0 Å². The lowest BCUT2D eigenvalue weighted by molar-refractivity contribution is 0.198. The highest BCUT2D eigenvalue weighted by atomic mass is 16.5. The molecule has 1 rings (SSSR count). The van der Waals surface area contributed by atoms with Gasteiger partial charge in [0, 0.05) is 38.6 Å². The highest BCUT2D eigenvalue weighted by Crippen LogP contribution is 2.01. The van der Waals surface area contributed by atoms with E-state index < -0.39 is 0 Å². The van der Waals surface area contributed by atoms with Gasteiger partial charge in [0.25, 0.3) is 0 Å². The fraction of sp³-hybridized carbons (Fsp3) is 0.667. The second-order valence-electron chi connectivity index (χ2n) is 3.06. The molecule has 13 heavy (non-hydrogen) atoms. The lowest BCUT2D eigenvalue weighted by atomic mass is 10.3. The largest absolute Gasteiger partial charge is 0.383 e. The van der Waals surface area contributed by atoms with Crippen LogP contribution in [0.4, 0.5) is 0 Å². The van der Waals surface area contributed by atoms with Gasteiger partial charge in [0.15, 0.2) is 0 Å². The molecule has 0 amide bonds. The minimum absolute atomic E-state index is 0.444. The SMILES string of the molecule is COCCNCC(C)n1ccnc1. The third-order valence-corrected chi connectivity index (χ3v) is 1.96. The van der Waals surface area contributed by atoms with Crippen molar-refractivity contribution in [2.24, 2.45) is 0 Å². The van der Waals surface area contributed by atoms with Gasteiger partial charge in [-0.25, -0.2) is 4.98 Å². The van der Waals surface area contributed by atoms with Crippen LogP contribution in [0.1, 0.15) is 13.0 Å². The van der Waals surface area contributed by atoms with Crippen molar-refractivity contribution in [2.75, 3.05) is 26.8 Å². The van der Waals surface area contributed by atoms with Gasteiger partial charge in [-0.15, -0.1) is 0 Å². The molecule has 1 aromatic rings. The fourth-order valence-corrected chi connectivity index (χ4v) is 1.12. The first-order valence-electron chi connectivity index (χ1n) is 4.51. The van der Waals surface area contributed by atoms with Crippen molar-refractivity contribution < 1.29 is 4.74 Å². The zero-order chi connectivity index (χ0) is 9.52. The predicted octanol–water partition coefficient (Wildman–Crippen LogP) is 0.680. The molecule has 1 atom stereocenters. The first kappa shape index (κ1) is 10.2. The van der Waals surface area contributed by atoms with Crippen LogP contribution in [0, 0.1) is 0 Å². The van der Waals surface area contributed by atoms with Crippen molar-refractivity contribution in [2.45, 2.75) is 13.0 Å². The van der Waals surface area contributed by atoms with E-state index in [1.165, 1.54) is 0 Å². The molecule has 0 aliphatic carbocycles. The van der Waals surface area contributed by atoms with Crippen LogP contribution >= 0.6 is 0 Å². The third-order valence-electron chi connectivity index (χ3n) is 1.96. The molecule has 0 aliphatic rings. The van der Waals surface area contributed by atoms with Crippen LogP contribution < -0.4 is 5.32 Å². The number of hydrogen-bond donors (Lipinski definition) is 1. The Morgan fingerprint density at radius 2 is 2.46 bits per heavy atom. The van der Waals surface area contributed by atoms with Crippen molar-refractivity contribution in [1.29, 1.82) is 0 Å². The molecular weight excluding hydrogens is 166 g/mol. The molecule has 1 heterocycles. The summed E-state index contributed by atoms with van der Waals surface area (Å²) in [6.45, 7) is 4.76. The molecule has 1 aromatic heterocycles. The summed E-state index contributed by atoms with van der Waals surface area (Å²) in [5.74, 6) is 0. The van der Waals surface area contributed by atoms with Gasteiger partial charge in [-0.3, -0.25) is 0 Å². The lowest BCUT2D eigenvalue weighted by Gasteiger charge is -2.13. The van der Waals surface area contributed by atoms with Crippen molar-refractivity contribution in [3.05, 3.63) is 18.7 Å². The molecule has 4 heteroatoms. The molecule has 0 fully saturated rings.